The summed E-state index contributed by atoms with van der Waals surface area (Å²) in [6.45, 7) is 0. The molecule has 2 aromatic carbocycles. The van der Waals surface area contributed by atoms with Crippen molar-refractivity contribution in [1.82, 2.24) is 10.2 Å². The largest absolute Gasteiger partial charge is 0.465 e. The summed E-state index contributed by atoms with van der Waals surface area (Å²) in [7, 11) is 3.20. The number of nitrogens with zero attached hydrogens (tertiary/aromatic N) is 3. The molecule has 1 aromatic heterocycles. The number of amidine groups is 1. The van der Waals surface area contributed by atoms with Gasteiger partial charge in [-0.1, -0.05) is 30.3 Å². The molecule has 28 heavy (non-hydrogen) atoms. The third-order valence-corrected chi connectivity index (χ3v) is 4.14. The molecule has 0 saturated carbocycles. The summed E-state index contributed by atoms with van der Waals surface area (Å²) < 4.78 is 4.76. The second-order valence-electron chi connectivity index (χ2n) is 5.87. The van der Waals surface area contributed by atoms with Crippen LogP contribution in [0.4, 0.5) is 11.5 Å². The Balaban J connectivity index is 0.00000280. The summed E-state index contributed by atoms with van der Waals surface area (Å²) in [6.07, 6.45) is 0. The molecular weight excluding hydrogens is 378 g/mol. The summed E-state index contributed by atoms with van der Waals surface area (Å²) in [5.74, 6) is 0.278. The van der Waals surface area contributed by atoms with E-state index in [1.807, 2.05) is 42.3 Å². The molecule has 0 aliphatic heterocycles. The molecule has 0 spiro atoms. The van der Waals surface area contributed by atoms with Crippen LogP contribution >= 0.6 is 12.4 Å². The molecule has 3 N–H and O–H groups in total. The molecule has 0 amide bonds. The molecule has 0 fully saturated rings. The number of nitrogens with two attached hydrogens (primary N) is 1. The van der Waals surface area contributed by atoms with Gasteiger partial charge in [0.15, 0.2) is 5.82 Å². The van der Waals surface area contributed by atoms with E-state index in [2.05, 4.69) is 10.2 Å². The van der Waals surface area contributed by atoms with Gasteiger partial charge >= 0.3 is 5.97 Å². The molecule has 0 unspecified atom stereocenters. The summed E-state index contributed by atoms with van der Waals surface area (Å²) in [4.78, 5) is 13.5. The van der Waals surface area contributed by atoms with Crippen molar-refractivity contribution in [3.8, 4) is 11.3 Å². The minimum Gasteiger partial charge on any atom is -0.465 e. The molecule has 0 radical (unpaired) electrons. The standard InChI is InChI=1S/C20H19N5O2.ClH/c1-25(16-5-3-4-15(12-16)20(26)27-2)18-11-10-17(23-24-18)13-6-8-14(9-7-13)19(21)22;/h3-12H,1-2H3,(H3,21,22);1H. The molecule has 0 atom stereocenters. The highest BCUT2D eigenvalue weighted by Gasteiger charge is 2.11. The average molecular weight is 398 g/mol. The van der Waals surface area contributed by atoms with Crippen molar-refractivity contribution >= 4 is 35.7 Å². The fourth-order valence-corrected chi connectivity index (χ4v) is 2.57. The van der Waals surface area contributed by atoms with Crippen molar-refractivity contribution in [1.29, 1.82) is 5.41 Å². The van der Waals surface area contributed by atoms with Crippen LogP contribution in [0.1, 0.15) is 15.9 Å². The lowest BCUT2D eigenvalue weighted by Gasteiger charge is -2.18. The predicted octanol–water partition coefficient (Wildman–Crippen LogP) is 3.40. The number of methoxy groups -OCH3 is 1. The van der Waals surface area contributed by atoms with E-state index in [0.717, 1.165) is 11.3 Å². The van der Waals surface area contributed by atoms with E-state index in [4.69, 9.17) is 15.9 Å². The smallest absolute Gasteiger partial charge is 0.337 e. The van der Waals surface area contributed by atoms with Crippen LogP contribution in [0.15, 0.2) is 60.7 Å². The quantitative estimate of drug-likeness (QED) is 0.388. The van der Waals surface area contributed by atoms with Gasteiger partial charge in [0.25, 0.3) is 0 Å². The Morgan fingerprint density at radius 2 is 1.75 bits per heavy atom. The van der Waals surface area contributed by atoms with Crippen LogP contribution in [0.3, 0.4) is 0 Å². The maximum atomic E-state index is 11.7. The highest BCUT2D eigenvalue weighted by Crippen LogP contribution is 2.24. The number of anilines is 2. The Labute approximate surface area is 169 Å². The molecule has 8 heteroatoms. The number of esters is 1. The van der Waals surface area contributed by atoms with Gasteiger partial charge < -0.3 is 15.4 Å². The highest BCUT2D eigenvalue weighted by atomic mass is 35.5. The fraction of sp³-hybridized carbons (Fsp3) is 0.100. The zero-order valence-electron chi connectivity index (χ0n) is 15.4. The first-order valence-electron chi connectivity index (χ1n) is 8.20. The van der Waals surface area contributed by atoms with Crippen molar-refractivity contribution in [3.05, 3.63) is 71.8 Å². The van der Waals surface area contributed by atoms with Gasteiger partial charge in [0.1, 0.15) is 5.84 Å². The van der Waals surface area contributed by atoms with Crippen LogP contribution in [0.2, 0.25) is 0 Å². The molecule has 0 saturated heterocycles. The van der Waals surface area contributed by atoms with Gasteiger partial charge in [-0.05, 0) is 30.3 Å². The molecule has 3 rings (SSSR count). The Morgan fingerprint density at radius 3 is 2.32 bits per heavy atom. The summed E-state index contributed by atoms with van der Waals surface area (Å²) in [5, 5.41) is 16.0. The number of ether oxygens (including phenoxy) is 1. The van der Waals surface area contributed by atoms with E-state index in [0.29, 0.717) is 22.6 Å². The average Bonchev–Trinajstić information content (AvgIpc) is 2.73. The molecule has 0 bridgehead atoms. The Bertz CT molecular complexity index is 975. The number of benzene rings is 2. The highest BCUT2D eigenvalue weighted by molar-refractivity contribution is 5.95. The van der Waals surface area contributed by atoms with Crippen LogP contribution < -0.4 is 10.6 Å². The Hall–Kier alpha value is -3.45. The zero-order chi connectivity index (χ0) is 19.4. The number of aromatic nitrogens is 2. The number of rotatable bonds is 5. The number of hydrogen-bond donors (Lipinski definition) is 2. The lowest BCUT2D eigenvalue weighted by Crippen LogP contribution is -2.13. The lowest BCUT2D eigenvalue weighted by atomic mass is 10.1. The second kappa shape index (κ2) is 8.96. The van der Waals surface area contributed by atoms with Gasteiger partial charge in [-0.15, -0.1) is 22.6 Å². The van der Waals surface area contributed by atoms with Crippen LogP contribution in [-0.4, -0.2) is 36.2 Å². The van der Waals surface area contributed by atoms with Crippen LogP contribution in [0.5, 0.6) is 0 Å². The summed E-state index contributed by atoms with van der Waals surface area (Å²) in [5.41, 5.74) is 8.99. The zero-order valence-corrected chi connectivity index (χ0v) is 16.2. The molecule has 7 nitrogen and oxygen atoms in total. The minimum atomic E-state index is -0.388. The maximum Gasteiger partial charge on any atom is 0.337 e. The van der Waals surface area contributed by atoms with Crippen molar-refractivity contribution in [2.75, 3.05) is 19.1 Å². The molecule has 0 aliphatic rings. The van der Waals surface area contributed by atoms with E-state index in [9.17, 15) is 4.79 Å². The second-order valence-corrected chi connectivity index (χ2v) is 5.87. The summed E-state index contributed by atoms with van der Waals surface area (Å²) in [6, 6.07) is 18.1. The molecule has 0 aliphatic carbocycles. The molecular formula is C20H20ClN5O2. The van der Waals surface area contributed by atoms with E-state index >= 15 is 0 Å². The lowest BCUT2D eigenvalue weighted by molar-refractivity contribution is 0.0601. The van der Waals surface area contributed by atoms with E-state index in [1.165, 1.54) is 7.11 Å². The van der Waals surface area contributed by atoms with Gasteiger partial charge in [-0.2, -0.15) is 0 Å². The number of carbonyl (C=O) groups excluding carboxylic acids is 1. The van der Waals surface area contributed by atoms with Gasteiger partial charge in [0.05, 0.1) is 18.4 Å². The minimum absolute atomic E-state index is 0. The van der Waals surface area contributed by atoms with E-state index in [1.54, 1.807) is 30.3 Å². The van der Waals surface area contributed by atoms with Crippen molar-refractivity contribution < 1.29 is 9.53 Å². The van der Waals surface area contributed by atoms with Crippen molar-refractivity contribution in [2.24, 2.45) is 5.73 Å². The first-order valence-corrected chi connectivity index (χ1v) is 8.20. The maximum absolute atomic E-state index is 11.7. The Kier molecular flexibility index (Phi) is 6.68. The van der Waals surface area contributed by atoms with E-state index < -0.39 is 0 Å². The third-order valence-electron chi connectivity index (χ3n) is 4.14. The number of halogens is 1. The first-order chi connectivity index (χ1) is 13.0. The van der Waals surface area contributed by atoms with Gasteiger partial charge in [-0.3, -0.25) is 5.41 Å². The summed E-state index contributed by atoms with van der Waals surface area (Å²) >= 11 is 0. The predicted molar refractivity (Wildman–Crippen MR) is 112 cm³/mol. The number of carbonyl (C=O) groups is 1. The van der Waals surface area contributed by atoms with Crippen LogP contribution in [0.25, 0.3) is 11.3 Å². The molecule has 1 heterocycles. The molecule has 144 valence electrons. The van der Waals surface area contributed by atoms with Crippen molar-refractivity contribution in [3.63, 3.8) is 0 Å². The van der Waals surface area contributed by atoms with Gasteiger partial charge in [0, 0.05) is 23.9 Å². The third kappa shape index (κ3) is 4.44. The monoisotopic (exact) mass is 397 g/mol. The SMILES string of the molecule is COC(=O)c1cccc(N(C)c2ccc(-c3ccc(C(=N)N)cc3)nn2)c1.Cl. The van der Waals surface area contributed by atoms with Gasteiger partial charge in [-0.25, -0.2) is 4.79 Å². The topological polar surface area (TPSA) is 105 Å². The normalized spacial score (nSPS) is 9.93. The van der Waals surface area contributed by atoms with Crippen LogP contribution in [0, 0.1) is 5.41 Å². The number of nitrogens with one attached hydrogen (secondary N) is 1. The number of hydrogen-bond acceptors (Lipinski definition) is 6. The fourth-order valence-electron chi connectivity index (χ4n) is 2.57. The van der Waals surface area contributed by atoms with Crippen molar-refractivity contribution in [2.45, 2.75) is 0 Å². The Morgan fingerprint density at radius 1 is 1.04 bits per heavy atom. The van der Waals surface area contributed by atoms with Gasteiger partial charge in [0.2, 0.25) is 0 Å². The molecule has 3 aromatic rings. The van der Waals surface area contributed by atoms with Crippen LogP contribution in [-0.2, 0) is 4.74 Å². The van der Waals surface area contributed by atoms with E-state index in [-0.39, 0.29) is 24.2 Å². The number of nitrogen functional groups attached to an aromatic ring is 1. The first kappa shape index (κ1) is 20.9.